The molecule has 5 heterocycles. The van der Waals surface area contributed by atoms with Gasteiger partial charge < -0.3 is 9.97 Å². The fourth-order valence-corrected chi connectivity index (χ4v) is 6.77. The van der Waals surface area contributed by atoms with Crippen LogP contribution in [0.15, 0.2) is 89.1 Å². The summed E-state index contributed by atoms with van der Waals surface area (Å²) in [5, 5.41) is 14.5. The van der Waals surface area contributed by atoms with Crippen molar-refractivity contribution in [2.45, 2.75) is 45.4 Å². The standard InChI is InChI=1S/C37H30N10/c1-2-3-4-5-6-15-23-22-14-8-7-13-21(22)20-28-29(23)35-41-31-25-17-10-12-19-27(25)33(39-31)44-37-45-36(46-47-37)43-32-26-18-11-9-16-24(26)30(38-32)40-34(28)42-35/h7-14,16-20H,2-6,15H2,1H3,(H2,38,39,40,41,42,43,44,45,46,47). The number of hydrogen-bond acceptors (Lipinski definition) is 8. The second kappa shape index (κ2) is 11.2. The fraction of sp³-hybridized carbons (Fsp3) is 0.189. The number of benzene rings is 4. The maximum atomic E-state index is 5.24. The minimum atomic E-state index is 0.212. The molecule has 2 aliphatic heterocycles. The lowest BCUT2D eigenvalue weighted by atomic mass is 9.91. The number of aryl methyl sites for hydroxylation is 1. The Morgan fingerprint density at radius 3 is 1.66 bits per heavy atom. The monoisotopic (exact) mass is 614 g/mol. The highest BCUT2D eigenvalue weighted by Gasteiger charge is 2.25. The van der Waals surface area contributed by atoms with E-state index in [4.69, 9.17) is 24.9 Å². The van der Waals surface area contributed by atoms with E-state index in [-0.39, 0.29) is 11.9 Å². The molecule has 10 heteroatoms. The molecule has 0 fully saturated rings. The largest absolute Gasteiger partial charge is 0.324 e. The molecule has 3 aromatic heterocycles. The molecular formula is C37H30N10. The normalized spacial score (nSPS) is 12.4. The summed E-state index contributed by atoms with van der Waals surface area (Å²) in [5.74, 6) is 1.67. The third-order valence-electron chi connectivity index (χ3n) is 9.00. The van der Waals surface area contributed by atoms with Crippen LogP contribution >= 0.6 is 0 Å². The van der Waals surface area contributed by atoms with Crippen LogP contribution in [0.3, 0.4) is 0 Å². The Morgan fingerprint density at radius 2 is 1.04 bits per heavy atom. The van der Waals surface area contributed by atoms with Crippen molar-refractivity contribution in [1.29, 1.82) is 0 Å². The van der Waals surface area contributed by atoms with E-state index in [2.05, 4.69) is 62.4 Å². The Balaban J connectivity index is 1.40. The molecule has 2 N–H and O–H groups in total. The first-order chi connectivity index (χ1) is 23.2. The molecule has 0 saturated heterocycles. The summed E-state index contributed by atoms with van der Waals surface area (Å²) in [7, 11) is 0. The molecule has 8 bridgehead atoms. The first kappa shape index (κ1) is 27.4. The number of aromatic nitrogens is 8. The number of nitrogens with zero attached hydrogens (tertiary/aromatic N) is 8. The Hall–Kier alpha value is -5.90. The number of azo groups is 1. The van der Waals surface area contributed by atoms with Crippen molar-refractivity contribution in [3.8, 4) is 22.8 Å². The number of nitrogens with one attached hydrogen (secondary N) is 2. The summed E-state index contributed by atoms with van der Waals surface area (Å²) in [4.78, 5) is 36.4. The first-order valence-corrected chi connectivity index (χ1v) is 16.2. The summed E-state index contributed by atoms with van der Waals surface area (Å²) >= 11 is 0. The third-order valence-corrected chi connectivity index (χ3v) is 9.00. The average Bonchev–Trinajstić information content (AvgIpc) is 3.86. The first-order valence-electron chi connectivity index (χ1n) is 16.2. The van der Waals surface area contributed by atoms with Crippen molar-refractivity contribution in [3.05, 3.63) is 84.4 Å². The number of unbranched alkanes of at least 4 members (excludes halogenated alkanes) is 4. The summed E-state index contributed by atoms with van der Waals surface area (Å²) in [6.45, 7) is 2.25. The topological polar surface area (TPSA) is 134 Å². The Morgan fingerprint density at radius 1 is 0.511 bits per heavy atom. The van der Waals surface area contributed by atoms with Gasteiger partial charge >= 0.3 is 0 Å². The molecular weight excluding hydrogens is 584 g/mol. The highest BCUT2D eigenvalue weighted by Crippen LogP contribution is 2.42. The summed E-state index contributed by atoms with van der Waals surface area (Å²) in [6.07, 6.45) is 6.92. The molecule has 7 aromatic rings. The van der Waals surface area contributed by atoms with Crippen LogP contribution in [-0.2, 0) is 6.42 Å². The Labute approximate surface area is 269 Å². The van der Waals surface area contributed by atoms with Crippen LogP contribution < -0.4 is 0 Å². The second-order valence-electron chi connectivity index (χ2n) is 12.0. The average molecular weight is 615 g/mol. The number of fused-ring (bicyclic) bond motifs is 18. The smallest absolute Gasteiger partial charge is 0.274 e. The Bertz CT molecular complexity index is 2560. The lowest BCUT2D eigenvalue weighted by molar-refractivity contribution is 0.633. The zero-order chi connectivity index (χ0) is 31.3. The van der Waals surface area contributed by atoms with Gasteiger partial charge in [0.2, 0.25) is 0 Å². The quantitative estimate of drug-likeness (QED) is 0.179. The van der Waals surface area contributed by atoms with Gasteiger partial charge in [-0.1, -0.05) is 105 Å². The van der Waals surface area contributed by atoms with Gasteiger partial charge in [-0.2, -0.15) is 15.0 Å². The molecule has 2 aliphatic rings. The predicted octanol–water partition coefficient (Wildman–Crippen LogP) is 9.62. The van der Waals surface area contributed by atoms with Gasteiger partial charge in [0.1, 0.15) is 22.6 Å². The molecule has 0 radical (unpaired) electrons. The van der Waals surface area contributed by atoms with E-state index in [1.54, 1.807) is 0 Å². The van der Waals surface area contributed by atoms with Gasteiger partial charge in [0.15, 0.2) is 11.6 Å². The van der Waals surface area contributed by atoms with E-state index in [1.807, 2.05) is 48.5 Å². The van der Waals surface area contributed by atoms with Crippen molar-refractivity contribution < 1.29 is 0 Å². The molecule has 0 spiro atoms. The molecule has 0 unspecified atom stereocenters. The lowest BCUT2D eigenvalue weighted by Crippen LogP contribution is -1.95. The van der Waals surface area contributed by atoms with E-state index in [9.17, 15) is 0 Å². The van der Waals surface area contributed by atoms with Crippen molar-refractivity contribution >= 4 is 66.8 Å². The van der Waals surface area contributed by atoms with Crippen LogP contribution in [0, 0.1) is 0 Å². The summed E-state index contributed by atoms with van der Waals surface area (Å²) in [5.41, 5.74) is 5.78. The van der Waals surface area contributed by atoms with Gasteiger partial charge in [-0.15, -0.1) is 10.2 Å². The van der Waals surface area contributed by atoms with Gasteiger partial charge in [-0.05, 0) is 35.2 Å². The minimum Gasteiger partial charge on any atom is -0.324 e. The van der Waals surface area contributed by atoms with Gasteiger partial charge in [-0.25, -0.2) is 15.0 Å². The van der Waals surface area contributed by atoms with Crippen LogP contribution in [0.5, 0.6) is 0 Å². The molecule has 47 heavy (non-hydrogen) atoms. The number of H-pyrrole nitrogens is 2. The number of hydrogen-bond donors (Lipinski definition) is 2. The lowest BCUT2D eigenvalue weighted by Gasteiger charge is -2.13. The summed E-state index contributed by atoms with van der Waals surface area (Å²) < 4.78 is 0. The number of aromatic amines is 2. The van der Waals surface area contributed by atoms with Crippen molar-refractivity contribution in [2.24, 2.45) is 10.2 Å². The van der Waals surface area contributed by atoms with Crippen molar-refractivity contribution in [1.82, 2.24) is 39.9 Å². The predicted molar refractivity (Wildman–Crippen MR) is 186 cm³/mol. The van der Waals surface area contributed by atoms with Gasteiger partial charge in [0.25, 0.3) is 11.9 Å². The molecule has 0 aliphatic carbocycles. The van der Waals surface area contributed by atoms with E-state index in [0.29, 0.717) is 34.2 Å². The minimum absolute atomic E-state index is 0.212. The fourth-order valence-electron chi connectivity index (χ4n) is 6.77. The zero-order valence-electron chi connectivity index (χ0n) is 25.8. The van der Waals surface area contributed by atoms with Crippen LogP contribution in [-0.4, -0.2) is 39.9 Å². The molecule has 4 aromatic carbocycles. The van der Waals surface area contributed by atoms with Gasteiger partial charge in [0, 0.05) is 32.7 Å². The van der Waals surface area contributed by atoms with Crippen LogP contribution in [0.4, 0.5) is 11.9 Å². The van der Waals surface area contributed by atoms with Crippen LogP contribution in [0.2, 0.25) is 0 Å². The van der Waals surface area contributed by atoms with Crippen molar-refractivity contribution in [2.75, 3.05) is 0 Å². The molecule has 10 nitrogen and oxygen atoms in total. The molecule has 0 saturated carbocycles. The molecule has 228 valence electrons. The highest BCUT2D eigenvalue weighted by atomic mass is 15.3. The van der Waals surface area contributed by atoms with E-state index in [0.717, 1.165) is 45.5 Å². The van der Waals surface area contributed by atoms with Crippen molar-refractivity contribution in [3.63, 3.8) is 0 Å². The SMILES string of the molecule is CCCCCCCc1c2c(cc3ccccc13)-c1nc-2nc2[nH]c(nc3nc(nc4[nH]c(n1)c1ccccc41)N=N3)c1ccccc21. The van der Waals surface area contributed by atoms with E-state index < -0.39 is 0 Å². The molecule has 0 amide bonds. The van der Waals surface area contributed by atoms with Crippen LogP contribution in [0.25, 0.3) is 77.7 Å². The second-order valence-corrected chi connectivity index (χ2v) is 12.0. The maximum Gasteiger partial charge on any atom is 0.274 e. The van der Waals surface area contributed by atoms with Gasteiger partial charge in [0.05, 0.1) is 0 Å². The molecule has 9 rings (SSSR count). The molecule has 0 atom stereocenters. The van der Waals surface area contributed by atoms with E-state index in [1.165, 1.54) is 42.0 Å². The number of rotatable bonds is 6. The Kier molecular flexibility index (Phi) is 6.51. The zero-order valence-corrected chi connectivity index (χ0v) is 25.8. The third kappa shape index (κ3) is 4.72. The van der Waals surface area contributed by atoms with Crippen LogP contribution in [0.1, 0.15) is 44.6 Å². The van der Waals surface area contributed by atoms with E-state index >= 15 is 0 Å². The summed E-state index contributed by atoms with van der Waals surface area (Å²) in [6, 6.07) is 26.8. The van der Waals surface area contributed by atoms with Gasteiger partial charge in [-0.3, -0.25) is 0 Å². The maximum absolute atomic E-state index is 5.24. The highest BCUT2D eigenvalue weighted by molar-refractivity contribution is 6.06.